The summed E-state index contributed by atoms with van der Waals surface area (Å²) in [5.74, 6) is 0.395. The number of benzene rings is 3. The van der Waals surface area contributed by atoms with Crippen LogP contribution in [0.4, 0.5) is 0 Å². The van der Waals surface area contributed by atoms with E-state index >= 15 is 0 Å². The first-order chi connectivity index (χ1) is 15.4. The van der Waals surface area contributed by atoms with Crippen LogP contribution in [0.1, 0.15) is 11.1 Å². The number of halogens is 1. The molecule has 0 saturated carbocycles. The van der Waals surface area contributed by atoms with Crippen LogP contribution in [-0.4, -0.2) is 34.0 Å². The predicted molar refractivity (Wildman–Crippen MR) is 128 cm³/mol. The summed E-state index contributed by atoms with van der Waals surface area (Å²) in [7, 11) is -2.26. The molecule has 1 amide bonds. The van der Waals surface area contributed by atoms with E-state index in [4.69, 9.17) is 4.74 Å². The van der Waals surface area contributed by atoms with E-state index in [1.807, 2.05) is 54.6 Å². The van der Waals surface area contributed by atoms with Crippen LogP contribution < -0.4 is 14.8 Å². The maximum absolute atomic E-state index is 12.9. The van der Waals surface area contributed by atoms with Gasteiger partial charge >= 0.3 is 0 Å². The van der Waals surface area contributed by atoms with Crippen molar-refractivity contribution in [2.45, 2.75) is 23.8 Å². The normalized spacial score (nSPS) is 12.2. The monoisotopic (exact) mass is 516 g/mol. The fourth-order valence-corrected chi connectivity index (χ4v) is 4.61. The molecule has 0 saturated heterocycles. The standard InChI is InChI=1S/C24H25BrN2O4S/c1-31-21-11-7-18(8-12-21)15-16-26-24(28)23(17-19-5-3-2-4-6-19)27-32(29,30)22-13-9-20(25)10-14-22/h2-14,23,27H,15-17H2,1H3,(H,26,28)/t23-/m0/s1. The second-order valence-corrected chi connectivity index (χ2v) is 9.84. The van der Waals surface area contributed by atoms with Crippen LogP contribution in [-0.2, 0) is 27.7 Å². The van der Waals surface area contributed by atoms with E-state index in [0.29, 0.717) is 13.0 Å². The molecule has 2 N–H and O–H groups in total. The molecule has 0 aliphatic carbocycles. The molecule has 8 heteroatoms. The minimum absolute atomic E-state index is 0.102. The van der Waals surface area contributed by atoms with Crippen LogP contribution in [0.5, 0.6) is 5.75 Å². The lowest BCUT2D eigenvalue weighted by atomic mass is 10.1. The van der Waals surface area contributed by atoms with Crippen LogP contribution in [0.3, 0.4) is 0 Å². The molecule has 0 bridgehead atoms. The molecule has 0 aromatic heterocycles. The highest BCUT2D eigenvalue weighted by Gasteiger charge is 2.26. The van der Waals surface area contributed by atoms with Crippen molar-refractivity contribution in [3.63, 3.8) is 0 Å². The van der Waals surface area contributed by atoms with Crippen molar-refractivity contribution >= 4 is 31.9 Å². The SMILES string of the molecule is COc1ccc(CCNC(=O)[C@H](Cc2ccccc2)NS(=O)(=O)c2ccc(Br)cc2)cc1. The fourth-order valence-electron chi connectivity index (χ4n) is 3.15. The van der Waals surface area contributed by atoms with Crippen molar-refractivity contribution in [2.75, 3.05) is 13.7 Å². The smallest absolute Gasteiger partial charge is 0.241 e. The van der Waals surface area contributed by atoms with E-state index < -0.39 is 16.1 Å². The van der Waals surface area contributed by atoms with E-state index in [9.17, 15) is 13.2 Å². The Morgan fingerprint density at radius 3 is 2.22 bits per heavy atom. The van der Waals surface area contributed by atoms with Crippen molar-refractivity contribution in [2.24, 2.45) is 0 Å². The number of hydrogen-bond donors (Lipinski definition) is 2. The van der Waals surface area contributed by atoms with Crippen molar-refractivity contribution < 1.29 is 17.9 Å². The lowest BCUT2D eigenvalue weighted by Gasteiger charge is -2.19. The molecule has 3 aromatic rings. The van der Waals surface area contributed by atoms with Gasteiger partial charge in [-0.05, 0) is 60.4 Å². The fraction of sp³-hybridized carbons (Fsp3) is 0.208. The first-order valence-electron chi connectivity index (χ1n) is 10.1. The summed E-state index contributed by atoms with van der Waals surface area (Å²) in [4.78, 5) is 13.0. The zero-order valence-corrected chi connectivity index (χ0v) is 20.0. The first-order valence-corrected chi connectivity index (χ1v) is 12.4. The van der Waals surface area contributed by atoms with Crippen LogP contribution in [0.2, 0.25) is 0 Å². The molecule has 0 aliphatic heterocycles. The minimum atomic E-state index is -3.87. The van der Waals surface area contributed by atoms with E-state index in [2.05, 4.69) is 26.0 Å². The van der Waals surface area contributed by atoms with Gasteiger partial charge in [-0.25, -0.2) is 8.42 Å². The van der Waals surface area contributed by atoms with E-state index in [-0.39, 0.29) is 17.2 Å². The minimum Gasteiger partial charge on any atom is -0.497 e. The number of rotatable bonds is 10. The van der Waals surface area contributed by atoms with Crippen molar-refractivity contribution in [1.82, 2.24) is 10.0 Å². The molecule has 0 fully saturated rings. The molecule has 0 aliphatic rings. The molecule has 0 unspecified atom stereocenters. The third-order valence-corrected chi connectivity index (χ3v) is 6.91. The number of ether oxygens (including phenoxy) is 1. The largest absolute Gasteiger partial charge is 0.497 e. The van der Waals surface area contributed by atoms with Gasteiger partial charge in [0, 0.05) is 11.0 Å². The third kappa shape index (κ3) is 6.91. The maximum Gasteiger partial charge on any atom is 0.241 e. The van der Waals surface area contributed by atoms with Gasteiger partial charge in [0.05, 0.1) is 12.0 Å². The van der Waals surface area contributed by atoms with E-state index in [1.54, 1.807) is 19.2 Å². The summed E-state index contributed by atoms with van der Waals surface area (Å²) >= 11 is 3.30. The second-order valence-electron chi connectivity index (χ2n) is 7.21. The molecule has 168 valence electrons. The quantitative estimate of drug-likeness (QED) is 0.430. The summed E-state index contributed by atoms with van der Waals surface area (Å²) in [6.45, 7) is 0.385. The number of nitrogens with one attached hydrogen (secondary N) is 2. The highest BCUT2D eigenvalue weighted by Crippen LogP contribution is 2.16. The molecule has 0 heterocycles. The first kappa shape index (κ1) is 24.0. The van der Waals surface area contributed by atoms with Crippen molar-refractivity contribution in [1.29, 1.82) is 0 Å². The number of methoxy groups -OCH3 is 1. The van der Waals surface area contributed by atoms with Crippen molar-refractivity contribution in [3.8, 4) is 5.75 Å². The Morgan fingerprint density at radius 2 is 1.59 bits per heavy atom. The summed E-state index contributed by atoms with van der Waals surface area (Å²) in [6, 6.07) is 22.3. The van der Waals surface area contributed by atoms with Crippen LogP contribution in [0.15, 0.2) is 88.2 Å². The maximum atomic E-state index is 12.9. The molecule has 3 rings (SSSR count). The summed E-state index contributed by atoms with van der Waals surface area (Å²) in [5.41, 5.74) is 1.91. The average Bonchev–Trinajstić information content (AvgIpc) is 2.80. The molecule has 1 atom stereocenters. The molecule has 0 radical (unpaired) electrons. The Labute approximate surface area is 197 Å². The average molecular weight is 517 g/mol. The van der Waals surface area contributed by atoms with Crippen molar-refractivity contribution in [3.05, 3.63) is 94.5 Å². The topological polar surface area (TPSA) is 84.5 Å². The molecule has 0 spiro atoms. The van der Waals surface area contributed by atoms with E-state index in [0.717, 1.165) is 21.3 Å². The van der Waals surface area contributed by atoms with Gasteiger partial charge in [-0.2, -0.15) is 4.72 Å². The number of sulfonamides is 1. The summed E-state index contributed by atoms with van der Waals surface area (Å²) < 4.78 is 34.3. The van der Waals surface area contributed by atoms with Gasteiger partial charge in [0.15, 0.2) is 0 Å². The third-order valence-electron chi connectivity index (χ3n) is 4.89. The van der Waals surface area contributed by atoms with Gasteiger partial charge in [-0.3, -0.25) is 4.79 Å². The van der Waals surface area contributed by atoms with Gasteiger partial charge in [0.25, 0.3) is 0 Å². The Morgan fingerprint density at radius 1 is 0.938 bits per heavy atom. The Kier molecular flexibility index (Phi) is 8.44. The number of carbonyl (C=O) groups is 1. The van der Waals surface area contributed by atoms with Gasteiger partial charge in [0.1, 0.15) is 11.8 Å². The lowest BCUT2D eigenvalue weighted by Crippen LogP contribution is -2.48. The van der Waals surface area contributed by atoms with Crippen LogP contribution in [0.25, 0.3) is 0 Å². The van der Waals surface area contributed by atoms with Crippen LogP contribution in [0, 0.1) is 0 Å². The van der Waals surface area contributed by atoms with Gasteiger partial charge in [-0.15, -0.1) is 0 Å². The molecular formula is C24H25BrN2O4S. The molecule has 3 aromatic carbocycles. The highest BCUT2D eigenvalue weighted by molar-refractivity contribution is 9.10. The van der Waals surface area contributed by atoms with Crippen LogP contribution >= 0.6 is 15.9 Å². The second kappa shape index (κ2) is 11.3. The summed E-state index contributed by atoms with van der Waals surface area (Å²) in [5, 5.41) is 2.86. The van der Waals surface area contributed by atoms with Gasteiger partial charge in [0.2, 0.25) is 15.9 Å². The summed E-state index contributed by atoms with van der Waals surface area (Å²) in [6.07, 6.45) is 0.859. The zero-order valence-electron chi connectivity index (χ0n) is 17.6. The highest BCUT2D eigenvalue weighted by atomic mass is 79.9. The Balaban J connectivity index is 1.69. The number of hydrogen-bond acceptors (Lipinski definition) is 4. The molecule has 6 nitrogen and oxygen atoms in total. The molecular weight excluding hydrogens is 492 g/mol. The van der Waals surface area contributed by atoms with Gasteiger partial charge in [-0.1, -0.05) is 58.4 Å². The molecule has 32 heavy (non-hydrogen) atoms. The zero-order chi connectivity index (χ0) is 23.0. The number of amides is 1. The lowest BCUT2D eigenvalue weighted by molar-refractivity contribution is -0.122. The van der Waals surface area contributed by atoms with E-state index in [1.165, 1.54) is 12.1 Å². The Bertz CT molecular complexity index is 1120. The number of carbonyl (C=O) groups excluding carboxylic acids is 1. The Hall–Kier alpha value is -2.68. The predicted octanol–water partition coefficient (Wildman–Crippen LogP) is 3.71. The van der Waals surface area contributed by atoms with Gasteiger partial charge < -0.3 is 10.1 Å².